The largest absolute Gasteiger partial charge is 0.497 e. The van der Waals surface area contributed by atoms with Gasteiger partial charge < -0.3 is 24.0 Å². The van der Waals surface area contributed by atoms with E-state index in [9.17, 15) is 4.79 Å². The van der Waals surface area contributed by atoms with Gasteiger partial charge in [-0.2, -0.15) is 0 Å². The molecule has 0 saturated carbocycles. The number of nitrogens with zero attached hydrogens (tertiary/aromatic N) is 2. The number of rotatable bonds is 10. The second kappa shape index (κ2) is 10.9. The molecule has 6 heteroatoms. The van der Waals surface area contributed by atoms with Gasteiger partial charge in [-0.25, -0.2) is 0 Å². The topological polar surface area (TPSA) is 51.2 Å². The van der Waals surface area contributed by atoms with Crippen LogP contribution in [-0.2, 0) is 13.0 Å². The molecule has 178 valence electrons. The molecule has 2 aromatic rings. The number of carbonyl (C=O) groups excluding carboxylic acids is 1. The van der Waals surface area contributed by atoms with Crippen LogP contribution in [0, 0.1) is 5.92 Å². The molecule has 0 radical (unpaired) electrons. The van der Waals surface area contributed by atoms with Crippen molar-refractivity contribution in [2.24, 2.45) is 5.92 Å². The Hall–Kier alpha value is -2.73. The first-order valence-electron chi connectivity index (χ1n) is 12.0. The molecule has 1 atom stereocenters. The molecule has 2 aromatic carbocycles. The molecule has 4 rings (SSSR count). The Labute approximate surface area is 197 Å². The van der Waals surface area contributed by atoms with Crippen LogP contribution in [0.4, 0.5) is 0 Å². The zero-order chi connectivity index (χ0) is 23.2. The summed E-state index contributed by atoms with van der Waals surface area (Å²) in [5.74, 6) is 2.86. The second-order valence-corrected chi connectivity index (χ2v) is 9.16. The lowest BCUT2D eigenvalue weighted by Gasteiger charge is -2.34. The highest BCUT2D eigenvalue weighted by atomic mass is 16.5. The van der Waals surface area contributed by atoms with Crippen molar-refractivity contribution in [3.63, 3.8) is 0 Å². The first kappa shape index (κ1) is 23.4. The molecule has 6 nitrogen and oxygen atoms in total. The van der Waals surface area contributed by atoms with Crippen molar-refractivity contribution < 1.29 is 19.0 Å². The Morgan fingerprint density at radius 3 is 2.45 bits per heavy atom. The monoisotopic (exact) mass is 452 g/mol. The fourth-order valence-corrected chi connectivity index (χ4v) is 5.12. The highest BCUT2D eigenvalue weighted by molar-refractivity contribution is 5.99. The Morgan fingerprint density at radius 2 is 1.73 bits per heavy atom. The van der Waals surface area contributed by atoms with E-state index in [0.29, 0.717) is 24.0 Å². The van der Waals surface area contributed by atoms with Crippen LogP contribution >= 0.6 is 0 Å². The maximum Gasteiger partial charge on any atom is 0.254 e. The van der Waals surface area contributed by atoms with Crippen LogP contribution in [0.5, 0.6) is 17.2 Å². The molecular formula is C27H36N2O4. The highest BCUT2D eigenvalue weighted by Crippen LogP contribution is 2.35. The normalized spacial score (nSPS) is 18.3. The standard InChI is InChI=1S/C27H36N2O4/c1-31-23-11-9-20(10-12-23)7-4-5-13-28-14-6-8-21(17-28)18-29-19-22-15-25(32-2)26(33-3)16-24(22)27(29)30/h9-12,15-16,21H,4-8,13-14,17-19H2,1-3H3. The van der Waals surface area contributed by atoms with Crippen molar-refractivity contribution >= 4 is 5.91 Å². The van der Waals surface area contributed by atoms with Gasteiger partial charge in [-0.05, 0) is 86.5 Å². The zero-order valence-electron chi connectivity index (χ0n) is 20.1. The number of fused-ring (bicyclic) bond motifs is 1. The smallest absolute Gasteiger partial charge is 0.254 e. The summed E-state index contributed by atoms with van der Waals surface area (Å²) in [4.78, 5) is 17.6. The Morgan fingerprint density at radius 1 is 0.970 bits per heavy atom. The number of piperidine rings is 1. The van der Waals surface area contributed by atoms with E-state index in [4.69, 9.17) is 14.2 Å². The lowest BCUT2D eigenvalue weighted by atomic mass is 9.97. The Bertz CT molecular complexity index is 944. The fourth-order valence-electron chi connectivity index (χ4n) is 5.12. The third-order valence-electron chi connectivity index (χ3n) is 6.92. The number of hydrogen-bond donors (Lipinski definition) is 0. The van der Waals surface area contributed by atoms with Crippen molar-refractivity contribution in [1.82, 2.24) is 9.80 Å². The van der Waals surface area contributed by atoms with Gasteiger partial charge in [0, 0.05) is 25.2 Å². The first-order chi connectivity index (χ1) is 16.1. The van der Waals surface area contributed by atoms with E-state index in [1.165, 1.54) is 37.8 Å². The molecular weight excluding hydrogens is 416 g/mol. The summed E-state index contributed by atoms with van der Waals surface area (Å²) in [7, 11) is 4.94. The molecule has 2 aliphatic rings. The fraction of sp³-hybridized carbons (Fsp3) is 0.519. The van der Waals surface area contributed by atoms with E-state index in [2.05, 4.69) is 17.0 Å². The molecule has 1 fully saturated rings. The van der Waals surface area contributed by atoms with Crippen LogP contribution in [-0.4, -0.2) is 63.2 Å². The second-order valence-electron chi connectivity index (χ2n) is 9.16. The quantitative estimate of drug-likeness (QED) is 0.500. The van der Waals surface area contributed by atoms with E-state index >= 15 is 0 Å². The number of unbranched alkanes of at least 4 members (excludes halogenated alkanes) is 1. The van der Waals surface area contributed by atoms with E-state index in [1.54, 1.807) is 21.3 Å². The van der Waals surface area contributed by atoms with E-state index in [1.807, 2.05) is 29.2 Å². The molecule has 0 aliphatic carbocycles. The predicted molar refractivity (Wildman–Crippen MR) is 129 cm³/mol. The number of amides is 1. The lowest BCUT2D eigenvalue weighted by Crippen LogP contribution is -2.41. The van der Waals surface area contributed by atoms with Gasteiger partial charge in [0.2, 0.25) is 0 Å². The SMILES string of the molecule is COc1ccc(CCCCN2CCCC(CN3Cc4cc(OC)c(OC)cc4C3=O)C2)cc1. The van der Waals surface area contributed by atoms with E-state index < -0.39 is 0 Å². The van der Waals surface area contributed by atoms with Gasteiger partial charge in [0.15, 0.2) is 11.5 Å². The number of aryl methyl sites for hydroxylation is 1. The average molecular weight is 453 g/mol. The van der Waals surface area contributed by atoms with Crippen LogP contribution in [0.1, 0.15) is 47.2 Å². The van der Waals surface area contributed by atoms with Crippen molar-refractivity contribution in [2.75, 3.05) is 47.5 Å². The minimum Gasteiger partial charge on any atom is -0.497 e. The first-order valence-corrected chi connectivity index (χ1v) is 12.0. The molecule has 2 heterocycles. The minimum atomic E-state index is 0.113. The van der Waals surface area contributed by atoms with E-state index in [-0.39, 0.29) is 5.91 Å². The van der Waals surface area contributed by atoms with Gasteiger partial charge >= 0.3 is 0 Å². The summed E-state index contributed by atoms with van der Waals surface area (Å²) in [6.45, 7) is 4.86. The molecule has 33 heavy (non-hydrogen) atoms. The Balaban J connectivity index is 1.24. The predicted octanol–water partition coefficient (Wildman–Crippen LogP) is 4.40. The molecule has 0 N–H and O–H groups in total. The van der Waals surface area contributed by atoms with Gasteiger partial charge in [-0.3, -0.25) is 4.79 Å². The van der Waals surface area contributed by atoms with Crippen molar-refractivity contribution in [3.8, 4) is 17.2 Å². The third-order valence-corrected chi connectivity index (χ3v) is 6.92. The number of carbonyl (C=O) groups is 1. The minimum absolute atomic E-state index is 0.113. The summed E-state index contributed by atoms with van der Waals surface area (Å²) in [5.41, 5.74) is 3.15. The van der Waals surface area contributed by atoms with Gasteiger partial charge in [0.05, 0.1) is 21.3 Å². The molecule has 0 bridgehead atoms. The number of benzene rings is 2. The van der Waals surface area contributed by atoms with Crippen LogP contribution in [0.15, 0.2) is 36.4 Å². The summed E-state index contributed by atoms with van der Waals surface area (Å²) in [6.07, 6.45) is 5.90. The van der Waals surface area contributed by atoms with Crippen LogP contribution < -0.4 is 14.2 Å². The Kier molecular flexibility index (Phi) is 7.76. The van der Waals surface area contributed by atoms with Crippen LogP contribution in [0.3, 0.4) is 0 Å². The molecule has 1 amide bonds. The summed E-state index contributed by atoms with van der Waals surface area (Å²) >= 11 is 0. The van der Waals surface area contributed by atoms with Gasteiger partial charge in [-0.1, -0.05) is 12.1 Å². The molecule has 0 aromatic heterocycles. The summed E-state index contributed by atoms with van der Waals surface area (Å²) in [5, 5.41) is 0. The van der Waals surface area contributed by atoms with Crippen molar-refractivity contribution in [3.05, 3.63) is 53.1 Å². The molecule has 1 unspecified atom stereocenters. The average Bonchev–Trinajstić information content (AvgIpc) is 3.15. The molecule has 1 saturated heterocycles. The zero-order valence-corrected chi connectivity index (χ0v) is 20.1. The van der Waals surface area contributed by atoms with Crippen molar-refractivity contribution in [2.45, 2.75) is 38.6 Å². The maximum absolute atomic E-state index is 13.0. The van der Waals surface area contributed by atoms with Gasteiger partial charge in [-0.15, -0.1) is 0 Å². The van der Waals surface area contributed by atoms with Crippen LogP contribution in [0.2, 0.25) is 0 Å². The summed E-state index contributed by atoms with van der Waals surface area (Å²) in [6, 6.07) is 12.2. The van der Waals surface area contributed by atoms with E-state index in [0.717, 1.165) is 42.9 Å². The number of methoxy groups -OCH3 is 3. The van der Waals surface area contributed by atoms with Crippen molar-refractivity contribution in [1.29, 1.82) is 0 Å². The number of likely N-dealkylation sites (tertiary alicyclic amines) is 1. The number of hydrogen-bond acceptors (Lipinski definition) is 5. The molecule has 2 aliphatic heterocycles. The maximum atomic E-state index is 13.0. The van der Waals surface area contributed by atoms with Gasteiger partial charge in [0.1, 0.15) is 5.75 Å². The van der Waals surface area contributed by atoms with Crippen LogP contribution in [0.25, 0.3) is 0 Å². The summed E-state index contributed by atoms with van der Waals surface area (Å²) < 4.78 is 16.0. The third kappa shape index (κ3) is 5.61. The number of ether oxygens (including phenoxy) is 3. The molecule has 0 spiro atoms. The lowest BCUT2D eigenvalue weighted by molar-refractivity contribution is 0.0701. The van der Waals surface area contributed by atoms with Gasteiger partial charge in [0.25, 0.3) is 5.91 Å². The highest BCUT2D eigenvalue weighted by Gasteiger charge is 2.32.